The molecular formula is C11H15N2O2+. The van der Waals surface area contributed by atoms with Crippen molar-refractivity contribution in [2.75, 3.05) is 7.11 Å². The van der Waals surface area contributed by atoms with E-state index in [4.69, 9.17) is 4.74 Å². The summed E-state index contributed by atoms with van der Waals surface area (Å²) < 4.78 is 7.05. The fourth-order valence-corrected chi connectivity index (χ4v) is 1.75. The maximum Gasteiger partial charge on any atom is 0.286 e. The van der Waals surface area contributed by atoms with E-state index >= 15 is 0 Å². The first-order chi connectivity index (χ1) is 7.24. The highest BCUT2D eigenvalue weighted by Gasteiger charge is 2.21. The molecule has 1 heterocycles. The number of aromatic amines is 1. The first kappa shape index (κ1) is 10.1. The van der Waals surface area contributed by atoms with Gasteiger partial charge in [0, 0.05) is 7.11 Å². The summed E-state index contributed by atoms with van der Waals surface area (Å²) in [5.74, 6) is 0.762. The number of aliphatic hydroxyl groups excluding tert-OH is 1. The van der Waals surface area contributed by atoms with Crippen LogP contribution in [-0.2, 0) is 11.5 Å². The molecule has 2 N–H and O–H groups in total. The number of ether oxygens (including phenoxy) is 1. The first-order valence-electron chi connectivity index (χ1n) is 4.91. The normalized spacial score (nSPS) is 13.3. The number of para-hydroxylation sites is 2. The number of methoxy groups -OCH3 is 1. The maximum atomic E-state index is 9.62. The maximum absolute atomic E-state index is 9.62. The molecule has 0 amide bonds. The van der Waals surface area contributed by atoms with Crippen LogP contribution in [-0.4, -0.2) is 17.2 Å². The van der Waals surface area contributed by atoms with Crippen LogP contribution in [0.25, 0.3) is 11.0 Å². The second kappa shape index (κ2) is 4.00. The van der Waals surface area contributed by atoms with E-state index in [0.29, 0.717) is 6.73 Å². The monoisotopic (exact) mass is 207 g/mol. The number of nitrogens with one attached hydrogen (secondary N) is 1. The second-order valence-corrected chi connectivity index (χ2v) is 3.55. The molecule has 0 aliphatic heterocycles. The molecular weight excluding hydrogens is 192 g/mol. The molecule has 0 saturated carbocycles. The smallest absolute Gasteiger partial charge is 0.286 e. The molecule has 4 nitrogen and oxygen atoms in total. The van der Waals surface area contributed by atoms with Crippen LogP contribution in [0.15, 0.2) is 24.3 Å². The number of imidazole rings is 1. The number of rotatable bonds is 3. The van der Waals surface area contributed by atoms with Crippen LogP contribution in [0.2, 0.25) is 0 Å². The Bertz CT molecular complexity index is 463. The highest BCUT2D eigenvalue weighted by atomic mass is 16.5. The van der Waals surface area contributed by atoms with E-state index in [1.54, 1.807) is 14.0 Å². The number of hydrogen-bond acceptors (Lipinski definition) is 2. The van der Waals surface area contributed by atoms with Gasteiger partial charge in [-0.05, 0) is 19.1 Å². The molecule has 4 heteroatoms. The van der Waals surface area contributed by atoms with E-state index in [9.17, 15) is 5.11 Å². The van der Waals surface area contributed by atoms with Gasteiger partial charge in [0.1, 0.15) is 0 Å². The second-order valence-electron chi connectivity index (χ2n) is 3.55. The molecule has 80 valence electrons. The number of H-pyrrole nitrogens is 1. The Hall–Kier alpha value is -1.39. The predicted molar refractivity (Wildman–Crippen MR) is 56.1 cm³/mol. The molecule has 1 aromatic heterocycles. The Morgan fingerprint density at radius 3 is 2.87 bits per heavy atom. The number of nitrogens with zero attached hydrogens (tertiary/aromatic N) is 1. The number of aromatic nitrogens is 2. The Balaban J connectivity index is 2.63. The standard InChI is InChI=1S/C11H14N2O2/c1-8(14)11-12-9-5-3-4-6-10(9)13(11)7-15-2/h3-6,8,14H,7H2,1-2H3/p+1. The summed E-state index contributed by atoms with van der Waals surface area (Å²) in [7, 11) is 1.64. The van der Waals surface area contributed by atoms with Gasteiger partial charge in [-0.25, -0.2) is 9.55 Å². The molecule has 0 spiro atoms. The lowest BCUT2D eigenvalue weighted by molar-refractivity contribution is -0.717. The van der Waals surface area contributed by atoms with Crippen molar-refractivity contribution in [3.05, 3.63) is 30.1 Å². The van der Waals surface area contributed by atoms with Crippen LogP contribution in [0.5, 0.6) is 0 Å². The van der Waals surface area contributed by atoms with Gasteiger partial charge in [-0.1, -0.05) is 12.1 Å². The van der Waals surface area contributed by atoms with Crippen LogP contribution in [0.4, 0.5) is 0 Å². The molecule has 2 rings (SSSR count). The van der Waals surface area contributed by atoms with Crippen molar-refractivity contribution in [1.29, 1.82) is 0 Å². The van der Waals surface area contributed by atoms with E-state index in [-0.39, 0.29) is 0 Å². The van der Waals surface area contributed by atoms with E-state index in [1.807, 2.05) is 28.8 Å². The summed E-state index contributed by atoms with van der Waals surface area (Å²) in [6, 6.07) is 7.90. The molecule has 0 radical (unpaired) electrons. The van der Waals surface area contributed by atoms with Crippen LogP contribution in [0.3, 0.4) is 0 Å². The average Bonchev–Trinajstić information content (AvgIpc) is 2.58. The minimum absolute atomic E-state index is 0.435. The van der Waals surface area contributed by atoms with Gasteiger partial charge in [0.25, 0.3) is 5.82 Å². The van der Waals surface area contributed by atoms with Gasteiger partial charge in [-0.15, -0.1) is 0 Å². The van der Waals surface area contributed by atoms with Crippen LogP contribution in [0, 0.1) is 0 Å². The van der Waals surface area contributed by atoms with Crippen molar-refractivity contribution in [1.82, 2.24) is 4.98 Å². The minimum atomic E-state index is -0.535. The van der Waals surface area contributed by atoms with E-state index in [1.165, 1.54) is 0 Å². The molecule has 0 aliphatic rings. The summed E-state index contributed by atoms with van der Waals surface area (Å²) in [6.45, 7) is 2.17. The van der Waals surface area contributed by atoms with Gasteiger partial charge in [-0.3, -0.25) is 0 Å². The van der Waals surface area contributed by atoms with Gasteiger partial charge in [0.05, 0.1) is 0 Å². The first-order valence-corrected chi connectivity index (χ1v) is 4.91. The van der Waals surface area contributed by atoms with Crippen molar-refractivity contribution in [3.63, 3.8) is 0 Å². The summed E-state index contributed by atoms with van der Waals surface area (Å²) >= 11 is 0. The molecule has 0 saturated heterocycles. The predicted octanol–water partition coefficient (Wildman–Crippen LogP) is 1.11. The third-order valence-corrected chi connectivity index (χ3v) is 2.40. The lowest BCUT2D eigenvalue weighted by atomic mass is 10.3. The summed E-state index contributed by atoms with van der Waals surface area (Å²) in [6.07, 6.45) is -0.535. The summed E-state index contributed by atoms with van der Waals surface area (Å²) in [5.41, 5.74) is 2.04. The molecule has 1 aromatic carbocycles. The SMILES string of the molecule is COC[n+]1c(C(C)O)[nH]c2ccccc21. The topological polar surface area (TPSA) is 49.1 Å². The zero-order chi connectivity index (χ0) is 10.8. The lowest BCUT2D eigenvalue weighted by Crippen LogP contribution is -2.38. The van der Waals surface area contributed by atoms with Gasteiger partial charge >= 0.3 is 0 Å². The zero-order valence-corrected chi connectivity index (χ0v) is 8.90. The molecule has 0 fully saturated rings. The largest absolute Gasteiger partial charge is 0.381 e. The molecule has 1 atom stereocenters. The van der Waals surface area contributed by atoms with Gasteiger partial charge in [0.2, 0.25) is 0 Å². The van der Waals surface area contributed by atoms with Crippen molar-refractivity contribution in [2.45, 2.75) is 19.8 Å². The van der Waals surface area contributed by atoms with Crippen LogP contribution in [0.1, 0.15) is 18.9 Å². The Morgan fingerprint density at radius 1 is 1.47 bits per heavy atom. The highest BCUT2D eigenvalue weighted by molar-refractivity contribution is 5.71. The molecule has 2 aromatic rings. The van der Waals surface area contributed by atoms with Crippen LogP contribution >= 0.6 is 0 Å². The van der Waals surface area contributed by atoms with Crippen molar-refractivity contribution in [3.8, 4) is 0 Å². The van der Waals surface area contributed by atoms with Gasteiger partial charge in [0.15, 0.2) is 23.9 Å². The number of benzene rings is 1. The highest BCUT2D eigenvalue weighted by Crippen LogP contribution is 2.13. The number of fused-ring (bicyclic) bond motifs is 1. The Morgan fingerprint density at radius 2 is 2.20 bits per heavy atom. The average molecular weight is 207 g/mol. The van der Waals surface area contributed by atoms with Crippen molar-refractivity contribution < 1.29 is 14.4 Å². The Kier molecular flexibility index (Phi) is 2.70. The summed E-state index contributed by atoms with van der Waals surface area (Å²) in [4.78, 5) is 3.18. The van der Waals surface area contributed by atoms with Gasteiger partial charge in [-0.2, -0.15) is 0 Å². The molecule has 0 aliphatic carbocycles. The van der Waals surface area contributed by atoms with Crippen molar-refractivity contribution >= 4 is 11.0 Å². The van der Waals surface area contributed by atoms with E-state index in [2.05, 4.69) is 4.98 Å². The minimum Gasteiger partial charge on any atom is -0.381 e. The van der Waals surface area contributed by atoms with E-state index < -0.39 is 6.10 Å². The third-order valence-electron chi connectivity index (χ3n) is 2.40. The summed E-state index contributed by atoms with van der Waals surface area (Å²) in [5, 5.41) is 9.62. The number of hydrogen-bond donors (Lipinski definition) is 2. The number of aliphatic hydroxyl groups is 1. The quantitative estimate of drug-likeness (QED) is 0.741. The Labute approximate surface area is 88.1 Å². The fourth-order valence-electron chi connectivity index (χ4n) is 1.75. The fraction of sp³-hybridized carbons (Fsp3) is 0.364. The van der Waals surface area contributed by atoms with E-state index in [0.717, 1.165) is 16.9 Å². The molecule has 1 unspecified atom stereocenters. The lowest BCUT2D eigenvalue weighted by Gasteiger charge is -2.01. The molecule has 0 bridgehead atoms. The van der Waals surface area contributed by atoms with Crippen molar-refractivity contribution in [2.24, 2.45) is 0 Å². The van der Waals surface area contributed by atoms with Crippen LogP contribution < -0.4 is 4.57 Å². The zero-order valence-electron chi connectivity index (χ0n) is 8.90. The van der Waals surface area contributed by atoms with Gasteiger partial charge < -0.3 is 9.84 Å². The molecule has 15 heavy (non-hydrogen) atoms. The third kappa shape index (κ3) is 1.73.